The maximum absolute atomic E-state index is 13.1. The molecule has 1 heterocycles. The Labute approximate surface area is 161 Å². The maximum atomic E-state index is 13.1. The minimum atomic E-state index is -4.49. The molecule has 0 bridgehead atoms. The lowest BCUT2D eigenvalue weighted by atomic mass is 9.88. The van der Waals surface area contributed by atoms with Gasteiger partial charge in [0.15, 0.2) is 0 Å². The molecule has 1 aromatic heterocycles. The molecular weight excluding hydrogens is 367 g/mol. The van der Waals surface area contributed by atoms with Crippen molar-refractivity contribution in [1.29, 1.82) is 0 Å². The van der Waals surface area contributed by atoms with E-state index in [9.17, 15) is 18.0 Å². The summed E-state index contributed by atoms with van der Waals surface area (Å²) in [6.07, 6.45) is -3.18. The minimum absolute atomic E-state index is 0.0647. The van der Waals surface area contributed by atoms with Gasteiger partial charge in [-0.05, 0) is 23.3 Å². The molecular formula is C22H20F3NO2. The van der Waals surface area contributed by atoms with E-state index in [0.717, 1.165) is 16.0 Å². The molecule has 0 fully saturated rings. The van der Waals surface area contributed by atoms with Crippen LogP contribution in [0.25, 0.3) is 0 Å². The van der Waals surface area contributed by atoms with Crippen molar-refractivity contribution in [2.24, 2.45) is 0 Å². The molecule has 0 aliphatic rings. The highest BCUT2D eigenvalue weighted by Crippen LogP contribution is 2.29. The fourth-order valence-electron chi connectivity index (χ4n) is 3.14. The van der Waals surface area contributed by atoms with Crippen LogP contribution in [0.5, 0.6) is 0 Å². The topological polar surface area (TPSA) is 33.5 Å². The Morgan fingerprint density at radius 3 is 1.93 bits per heavy atom. The molecule has 3 nitrogen and oxygen atoms in total. The molecule has 28 heavy (non-hydrogen) atoms. The quantitative estimate of drug-likeness (QED) is 0.544. The van der Waals surface area contributed by atoms with E-state index >= 15 is 0 Å². The summed E-state index contributed by atoms with van der Waals surface area (Å²) < 4.78 is 44.3. The normalized spacial score (nSPS) is 11.6. The Kier molecular flexibility index (Phi) is 6.19. The van der Waals surface area contributed by atoms with Crippen molar-refractivity contribution in [3.05, 3.63) is 95.9 Å². The van der Waals surface area contributed by atoms with E-state index in [0.29, 0.717) is 5.76 Å². The number of benzene rings is 2. The van der Waals surface area contributed by atoms with Crippen molar-refractivity contribution in [3.8, 4) is 0 Å². The molecule has 0 aliphatic carbocycles. The van der Waals surface area contributed by atoms with Crippen molar-refractivity contribution < 1.29 is 22.4 Å². The second-order valence-corrected chi connectivity index (χ2v) is 6.52. The number of halogens is 3. The summed E-state index contributed by atoms with van der Waals surface area (Å²) in [5.74, 6) is -0.595. The summed E-state index contributed by atoms with van der Waals surface area (Å²) in [5, 5.41) is 0. The van der Waals surface area contributed by atoms with E-state index in [-0.39, 0.29) is 18.9 Å². The van der Waals surface area contributed by atoms with Crippen LogP contribution in [0.2, 0.25) is 0 Å². The van der Waals surface area contributed by atoms with Crippen LogP contribution in [0, 0.1) is 0 Å². The highest BCUT2D eigenvalue weighted by molar-refractivity contribution is 5.78. The van der Waals surface area contributed by atoms with Gasteiger partial charge in [-0.2, -0.15) is 13.2 Å². The van der Waals surface area contributed by atoms with Crippen LogP contribution in [0.3, 0.4) is 0 Å². The molecule has 0 saturated heterocycles. The Bertz CT molecular complexity index is 822. The molecule has 0 radical (unpaired) electrons. The first-order valence-corrected chi connectivity index (χ1v) is 8.89. The molecule has 2 aromatic carbocycles. The second-order valence-electron chi connectivity index (χ2n) is 6.52. The van der Waals surface area contributed by atoms with Gasteiger partial charge in [-0.3, -0.25) is 4.79 Å². The number of hydrogen-bond donors (Lipinski definition) is 0. The number of amides is 1. The van der Waals surface area contributed by atoms with E-state index in [1.807, 2.05) is 60.7 Å². The molecule has 3 aromatic rings. The average Bonchev–Trinajstić information content (AvgIpc) is 3.19. The molecule has 0 saturated carbocycles. The summed E-state index contributed by atoms with van der Waals surface area (Å²) in [4.78, 5) is 13.7. The summed E-state index contributed by atoms with van der Waals surface area (Å²) in [7, 11) is 0. The van der Waals surface area contributed by atoms with E-state index in [1.54, 1.807) is 12.1 Å². The zero-order chi connectivity index (χ0) is 20.0. The van der Waals surface area contributed by atoms with Crippen molar-refractivity contribution in [2.75, 3.05) is 6.54 Å². The van der Waals surface area contributed by atoms with Crippen LogP contribution in [-0.4, -0.2) is 23.5 Å². The summed E-state index contributed by atoms with van der Waals surface area (Å²) in [5.41, 5.74) is 1.76. The molecule has 146 valence electrons. The van der Waals surface area contributed by atoms with Crippen LogP contribution < -0.4 is 0 Å². The van der Waals surface area contributed by atoms with Gasteiger partial charge < -0.3 is 9.32 Å². The Morgan fingerprint density at radius 2 is 1.46 bits per heavy atom. The van der Waals surface area contributed by atoms with Crippen LogP contribution in [0.1, 0.15) is 29.2 Å². The van der Waals surface area contributed by atoms with Crippen LogP contribution in [0.4, 0.5) is 13.2 Å². The first-order valence-electron chi connectivity index (χ1n) is 8.89. The van der Waals surface area contributed by atoms with Crippen LogP contribution >= 0.6 is 0 Å². The number of furan rings is 1. The van der Waals surface area contributed by atoms with Gasteiger partial charge >= 0.3 is 6.18 Å². The van der Waals surface area contributed by atoms with Crippen molar-refractivity contribution in [2.45, 2.75) is 25.1 Å². The minimum Gasteiger partial charge on any atom is -0.467 e. The van der Waals surface area contributed by atoms with Gasteiger partial charge in [-0.15, -0.1) is 0 Å². The molecule has 0 N–H and O–H groups in total. The smallest absolute Gasteiger partial charge is 0.406 e. The fourth-order valence-corrected chi connectivity index (χ4v) is 3.14. The predicted octanol–water partition coefficient (Wildman–Crippen LogP) is 5.39. The zero-order valence-electron chi connectivity index (χ0n) is 15.1. The van der Waals surface area contributed by atoms with Gasteiger partial charge in [0.2, 0.25) is 5.91 Å². The number of alkyl halides is 3. The van der Waals surface area contributed by atoms with Crippen molar-refractivity contribution in [3.63, 3.8) is 0 Å². The number of carbonyl (C=O) groups is 1. The third-order valence-electron chi connectivity index (χ3n) is 4.43. The number of carbonyl (C=O) groups excluding carboxylic acids is 1. The zero-order valence-corrected chi connectivity index (χ0v) is 15.1. The van der Waals surface area contributed by atoms with Gasteiger partial charge in [-0.1, -0.05) is 60.7 Å². The van der Waals surface area contributed by atoms with Gasteiger partial charge in [0.1, 0.15) is 12.3 Å². The van der Waals surface area contributed by atoms with Gasteiger partial charge in [0, 0.05) is 12.3 Å². The van der Waals surface area contributed by atoms with E-state index in [4.69, 9.17) is 4.42 Å². The van der Waals surface area contributed by atoms with Crippen molar-refractivity contribution in [1.82, 2.24) is 4.90 Å². The fraction of sp³-hybridized carbons (Fsp3) is 0.227. The third-order valence-corrected chi connectivity index (χ3v) is 4.43. The first kappa shape index (κ1) is 19.7. The third kappa shape index (κ3) is 5.49. The van der Waals surface area contributed by atoms with Gasteiger partial charge in [0.05, 0.1) is 12.8 Å². The molecule has 0 aliphatic heterocycles. The highest BCUT2D eigenvalue weighted by atomic mass is 19.4. The maximum Gasteiger partial charge on any atom is 0.406 e. The van der Waals surface area contributed by atoms with Crippen molar-refractivity contribution >= 4 is 5.91 Å². The molecule has 1 amide bonds. The lowest BCUT2D eigenvalue weighted by Gasteiger charge is -2.26. The second kappa shape index (κ2) is 8.78. The Morgan fingerprint density at radius 1 is 0.893 bits per heavy atom. The molecule has 0 atom stereocenters. The van der Waals surface area contributed by atoms with Gasteiger partial charge in [-0.25, -0.2) is 0 Å². The largest absolute Gasteiger partial charge is 0.467 e. The first-order chi connectivity index (χ1) is 13.4. The van der Waals surface area contributed by atoms with E-state index in [1.165, 1.54) is 6.26 Å². The predicted molar refractivity (Wildman–Crippen MR) is 99.5 cm³/mol. The summed E-state index contributed by atoms with van der Waals surface area (Å²) >= 11 is 0. The van der Waals surface area contributed by atoms with E-state index < -0.39 is 18.6 Å². The number of rotatable bonds is 7. The Hall–Kier alpha value is -3.02. The van der Waals surface area contributed by atoms with Gasteiger partial charge in [0.25, 0.3) is 0 Å². The van der Waals surface area contributed by atoms with E-state index in [2.05, 4.69) is 0 Å². The molecule has 3 rings (SSSR count). The monoisotopic (exact) mass is 387 g/mol. The molecule has 6 heteroatoms. The number of nitrogens with zero attached hydrogens (tertiary/aromatic N) is 1. The number of hydrogen-bond acceptors (Lipinski definition) is 2. The lowest BCUT2D eigenvalue weighted by Crippen LogP contribution is -2.39. The van der Waals surface area contributed by atoms with Crippen LogP contribution in [-0.2, 0) is 11.3 Å². The van der Waals surface area contributed by atoms with Crippen LogP contribution in [0.15, 0.2) is 83.5 Å². The summed E-state index contributed by atoms with van der Waals surface area (Å²) in [6, 6.07) is 21.8. The average molecular weight is 387 g/mol. The molecule has 0 unspecified atom stereocenters. The molecule has 0 spiro atoms. The standard InChI is InChI=1S/C22H20F3NO2/c23-22(24,25)16-26(15-19-12-7-13-28-19)21(27)14-20(17-8-3-1-4-9-17)18-10-5-2-6-11-18/h1-13,20H,14-16H2. The lowest BCUT2D eigenvalue weighted by molar-refractivity contribution is -0.163. The SMILES string of the molecule is O=C(CC(c1ccccc1)c1ccccc1)N(Cc1ccco1)CC(F)(F)F. The summed E-state index contributed by atoms with van der Waals surface area (Å²) in [6.45, 7) is -1.54. The highest BCUT2D eigenvalue weighted by Gasteiger charge is 2.34. The Balaban J connectivity index is 1.85.